The average molecular weight is 452 g/mol. The predicted octanol–water partition coefficient (Wildman–Crippen LogP) is 5.41. The summed E-state index contributed by atoms with van der Waals surface area (Å²) in [5.41, 5.74) is 2.03. The van der Waals surface area contributed by atoms with Crippen molar-refractivity contribution < 1.29 is 18.7 Å². The van der Waals surface area contributed by atoms with Crippen LogP contribution in [0, 0.1) is 0 Å². The van der Waals surface area contributed by atoms with Gasteiger partial charge in [0, 0.05) is 18.2 Å². The Kier molecular flexibility index (Phi) is 6.44. The minimum absolute atomic E-state index is 0.0880. The molecule has 1 saturated heterocycles. The quantitative estimate of drug-likeness (QED) is 0.354. The number of thioether (sulfide) groups is 1. The number of ether oxygens (including phenoxy) is 2. The van der Waals surface area contributed by atoms with E-state index in [1.54, 1.807) is 25.2 Å². The molecule has 0 radical (unpaired) electrons. The minimum Gasteiger partial charge on any atom is -0.493 e. The van der Waals surface area contributed by atoms with Crippen LogP contribution in [-0.2, 0) is 11.2 Å². The van der Waals surface area contributed by atoms with Crippen molar-refractivity contribution in [1.29, 1.82) is 0 Å². The van der Waals surface area contributed by atoms with Crippen LogP contribution in [0.4, 0.5) is 0 Å². The zero-order valence-corrected chi connectivity index (χ0v) is 18.8. The van der Waals surface area contributed by atoms with Crippen molar-refractivity contribution in [1.82, 2.24) is 4.90 Å². The van der Waals surface area contributed by atoms with Crippen molar-refractivity contribution in [3.8, 4) is 22.8 Å². The summed E-state index contributed by atoms with van der Waals surface area (Å²) >= 11 is 6.73. The summed E-state index contributed by atoms with van der Waals surface area (Å²) in [6.07, 6.45) is 2.50. The number of furan rings is 1. The summed E-state index contributed by atoms with van der Waals surface area (Å²) in [6, 6.07) is 19.3. The summed E-state index contributed by atoms with van der Waals surface area (Å²) in [6.45, 7) is 0.557. The third-order valence-electron chi connectivity index (χ3n) is 4.91. The summed E-state index contributed by atoms with van der Waals surface area (Å²) in [4.78, 5) is 15.1. The van der Waals surface area contributed by atoms with Crippen LogP contribution >= 0.6 is 24.0 Å². The molecular weight excluding hydrogens is 430 g/mol. The summed E-state index contributed by atoms with van der Waals surface area (Å²) < 4.78 is 17.2. The van der Waals surface area contributed by atoms with Crippen LogP contribution in [0.25, 0.3) is 17.4 Å². The van der Waals surface area contributed by atoms with Gasteiger partial charge in [0.1, 0.15) is 15.8 Å². The molecule has 1 fully saturated rings. The standard InChI is InChI=1S/C24H21NO4S2/c1-27-20-10-8-17(14-21(20)28-2)19-11-9-18(29-19)15-22-23(26)25(24(30)31-22)13-12-16-6-4-3-5-7-16/h3-11,14-15H,12-13H2,1-2H3/b22-15-. The molecule has 0 bridgehead atoms. The molecule has 1 aliphatic rings. The number of rotatable bonds is 7. The first-order valence-corrected chi connectivity index (χ1v) is 10.9. The van der Waals surface area contributed by atoms with Gasteiger partial charge in [-0.1, -0.05) is 54.3 Å². The van der Waals surface area contributed by atoms with Crippen molar-refractivity contribution in [2.24, 2.45) is 0 Å². The Balaban J connectivity index is 1.49. The van der Waals surface area contributed by atoms with E-state index >= 15 is 0 Å². The molecule has 0 saturated carbocycles. The number of carbonyl (C=O) groups is 1. The molecule has 158 valence electrons. The van der Waals surface area contributed by atoms with Gasteiger partial charge in [0.25, 0.3) is 5.91 Å². The number of methoxy groups -OCH3 is 2. The molecule has 1 amide bonds. The van der Waals surface area contributed by atoms with Crippen LogP contribution in [0.1, 0.15) is 11.3 Å². The molecule has 0 spiro atoms. The molecule has 5 nitrogen and oxygen atoms in total. The van der Waals surface area contributed by atoms with Gasteiger partial charge in [0.15, 0.2) is 11.5 Å². The lowest BCUT2D eigenvalue weighted by Gasteiger charge is -2.14. The van der Waals surface area contributed by atoms with Crippen molar-refractivity contribution >= 4 is 40.3 Å². The van der Waals surface area contributed by atoms with E-state index in [1.165, 1.54) is 17.3 Å². The molecule has 7 heteroatoms. The Morgan fingerprint density at radius 2 is 1.81 bits per heavy atom. The fourth-order valence-corrected chi connectivity index (χ4v) is 4.57. The van der Waals surface area contributed by atoms with E-state index in [2.05, 4.69) is 0 Å². The fourth-order valence-electron chi connectivity index (χ4n) is 3.28. The Hall–Kier alpha value is -3.03. The second kappa shape index (κ2) is 9.41. The topological polar surface area (TPSA) is 51.9 Å². The summed E-state index contributed by atoms with van der Waals surface area (Å²) in [7, 11) is 3.19. The molecule has 0 atom stereocenters. The summed E-state index contributed by atoms with van der Waals surface area (Å²) in [5.74, 6) is 2.45. The average Bonchev–Trinajstić information content (AvgIpc) is 3.37. The third kappa shape index (κ3) is 4.68. The lowest BCUT2D eigenvalue weighted by molar-refractivity contribution is -0.122. The number of hydrogen-bond donors (Lipinski definition) is 0. The van der Waals surface area contributed by atoms with Gasteiger partial charge in [-0.05, 0) is 42.3 Å². The Morgan fingerprint density at radius 3 is 2.55 bits per heavy atom. The number of hydrogen-bond acceptors (Lipinski definition) is 6. The van der Waals surface area contributed by atoms with Crippen LogP contribution in [0.3, 0.4) is 0 Å². The Bertz CT molecular complexity index is 1140. The van der Waals surface area contributed by atoms with Gasteiger partial charge >= 0.3 is 0 Å². The highest BCUT2D eigenvalue weighted by Crippen LogP contribution is 2.35. The van der Waals surface area contributed by atoms with Crippen LogP contribution in [0.15, 0.2) is 70.0 Å². The molecule has 2 aromatic carbocycles. The maximum absolute atomic E-state index is 12.8. The first kappa shape index (κ1) is 21.2. The molecule has 31 heavy (non-hydrogen) atoms. The number of nitrogens with zero attached hydrogens (tertiary/aromatic N) is 1. The SMILES string of the molecule is COc1ccc(-c2ccc(/C=C3\SC(=S)N(CCc4ccccc4)C3=O)o2)cc1OC. The normalized spacial score (nSPS) is 15.0. The second-order valence-corrected chi connectivity index (χ2v) is 8.52. The third-order valence-corrected chi connectivity index (χ3v) is 6.29. The molecule has 4 rings (SSSR count). The van der Waals surface area contributed by atoms with Gasteiger partial charge in [-0.2, -0.15) is 0 Å². The van der Waals surface area contributed by atoms with Crippen molar-refractivity contribution in [2.45, 2.75) is 6.42 Å². The molecule has 2 heterocycles. The smallest absolute Gasteiger partial charge is 0.266 e. The molecule has 1 aromatic heterocycles. The maximum atomic E-state index is 12.8. The van der Waals surface area contributed by atoms with E-state index < -0.39 is 0 Å². The lowest BCUT2D eigenvalue weighted by atomic mass is 10.1. The first-order valence-electron chi connectivity index (χ1n) is 9.70. The molecule has 0 unspecified atom stereocenters. The van der Waals surface area contributed by atoms with Gasteiger partial charge in [0.2, 0.25) is 0 Å². The van der Waals surface area contributed by atoms with Gasteiger partial charge in [0.05, 0.1) is 19.1 Å². The van der Waals surface area contributed by atoms with Crippen LogP contribution in [-0.4, -0.2) is 35.9 Å². The van der Waals surface area contributed by atoms with Gasteiger partial charge in [-0.3, -0.25) is 9.69 Å². The van der Waals surface area contributed by atoms with E-state index in [9.17, 15) is 4.79 Å². The molecule has 3 aromatic rings. The van der Waals surface area contributed by atoms with Crippen LogP contribution < -0.4 is 9.47 Å². The molecule has 0 N–H and O–H groups in total. The van der Waals surface area contributed by atoms with Gasteiger partial charge in [-0.25, -0.2) is 0 Å². The van der Waals surface area contributed by atoms with Crippen molar-refractivity contribution in [3.63, 3.8) is 0 Å². The largest absolute Gasteiger partial charge is 0.493 e. The molecule has 0 aliphatic carbocycles. The molecule has 1 aliphatic heterocycles. The second-order valence-electron chi connectivity index (χ2n) is 6.84. The zero-order valence-electron chi connectivity index (χ0n) is 17.2. The maximum Gasteiger partial charge on any atom is 0.266 e. The Morgan fingerprint density at radius 1 is 1.03 bits per heavy atom. The predicted molar refractivity (Wildman–Crippen MR) is 127 cm³/mol. The van der Waals surface area contributed by atoms with Crippen molar-refractivity contribution in [2.75, 3.05) is 20.8 Å². The number of carbonyl (C=O) groups excluding carboxylic acids is 1. The highest BCUT2D eigenvalue weighted by atomic mass is 32.2. The highest BCUT2D eigenvalue weighted by Gasteiger charge is 2.31. The van der Waals surface area contributed by atoms with Crippen LogP contribution in [0.2, 0.25) is 0 Å². The van der Waals surface area contributed by atoms with Gasteiger partial charge < -0.3 is 13.9 Å². The molecular formula is C24H21NO4S2. The first-order chi connectivity index (χ1) is 15.1. The number of amides is 1. The van der Waals surface area contributed by atoms with E-state index in [0.717, 1.165) is 12.0 Å². The van der Waals surface area contributed by atoms with Crippen LogP contribution in [0.5, 0.6) is 11.5 Å². The minimum atomic E-state index is -0.0880. The zero-order chi connectivity index (χ0) is 21.8. The van der Waals surface area contributed by atoms with E-state index in [0.29, 0.717) is 38.8 Å². The highest BCUT2D eigenvalue weighted by molar-refractivity contribution is 8.26. The lowest BCUT2D eigenvalue weighted by Crippen LogP contribution is -2.30. The summed E-state index contributed by atoms with van der Waals surface area (Å²) in [5, 5.41) is 0. The monoisotopic (exact) mass is 451 g/mol. The van der Waals surface area contributed by atoms with E-state index in [-0.39, 0.29) is 5.91 Å². The number of thiocarbonyl (C=S) groups is 1. The van der Waals surface area contributed by atoms with E-state index in [4.69, 9.17) is 26.1 Å². The van der Waals surface area contributed by atoms with Crippen molar-refractivity contribution in [3.05, 3.63) is 76.9 Å². The van der Waals surface area contributed by atoms with E-state index in [1.807, 2.05) is 60.7 Å². The fraction of sp³-hybridized carbons (Fsp3) is 0.167. The number of benzene rings is 2. The Labute approximate surface area is 190 Å². The van der Waals surface area contributed by atoms with Gasteiger partial charge in [-0.15, -0.1) is 0 Å².